The van der Waals surface area contributed by atoms with E-state index in [1.807, 2.05) is 24.3 Å². The second-order valence-electron chi connectivity index (χ2n) is 10.7. The number of carbonyl (C=O) groups is 2. The molecule has 3 aromatic rings. The molecule has 8 nitrogen and oxygen atoms in total. The number of rotatable bonds is 9. The van der Waals surface area contributed by atoms with Gasteiger partial charge in [-0.05, 0) is 47.6 Å². The van der Waals surface area contributed by atoms with Gasteiger partial charge in [-0.15, -0.1) is 0 Å². The molecule has 0 aromatic heterocycles. The van der Waals surface area contributed by atoms with Crippen LogP contribution in [0.15, 0.2) is 60.7 Å². The van der Waals surface area contributed by atoms with Crippen LogP contribution in [0.25, 0.3) is 10.8 Å². The molecule has 1 spiro atoms. The van der Waals surface area contributed by atoms with E-state index in [0.717, 1.165) is 25.2 Å². The van der Waals surface area contributed by atoms with Gasteiger partial charge in [0.05, 0.1) is 20.3 Å². The van der Waals surface area contributed by atoms with Crippen LogP contribution in [0.4, 0.5) is 10.5 Å². The Morgan fingerprint density at radius 3 is 2.33 bits per heavy atom. The lowest BCUT2D eigenvalue weighted by Gasteiger charge is -2.42. The number of methoxy groups -OCH3 is 2. The quantitative estimate of drug-likeness (QED) is 0.383. The molecule has 2 fully saturated rings. The first-order valence-corrected chi connectivity index (χ1v) is 13.5. The molecule has 206 valence electrons. The number of benzene rings is 3. The summed E-state index contributed by atoms with van der Waals surface area (Å²) < 4.78 is 10.7. The fourth-order valence-electron chi connectivity index (χ4n) is 6.05. The smallest absolute Gasteiger partial charge is 0.328 e. The number of fused-ring (bicyclic) bond motifs is 1. The minimum absolute atomic E-state index is 0.105. The first-order chi connectivity index (χ1) is 18.9. The van der Waals surface area contributed by atoms with Crippen LogP contribution in [0.5, 0.6) is 5.75 Å². The average molecular weight is 531 g/mol. The number of urea groups is 1. The molecule has 5 rings (SSSR count). The molecule has 0 aliphatic carbocycles. The van der Waals surface area contributed by atoms with Crippen molar-refractivity contribution in [1.82, 2.24) is 14.7 Å². The Kier molecular flexibility index (Phi) is 7.77. The minimum atomic E-state index is -0.832. The molecule has 0 radical (unpaired) electrons. The molecular formula is C31H38N4O4. The van der Waals surface area contributed by atoms with E-state index in [1.165, 1.54) is 26.9 Å². The molecule has 3 amide bonds. The summed E-state index contributed by atoms with van der Waals surface area (Å²) in [5.41, 5.74) is 2.51. The number of likely N-dealkylation sites (tertiary alicyclic amines) is 1. The fourth-order valence-corrected chi connectivity index (χ4v) is 6.05. The zero-order chi connectivity index (χ0) is 27.6. The van der Waals surface area contributed by atoms with Crippen LogP contribution in [-0.2, 0) is 22.6 Å². The minimum Gasteiger partial charge on any atom is -0.497 e. The molecule has 0 N–H and O–H groups in total. The fraction of sp³-hybridized carbons (Fsp3) is 0.419. The van der Waals surface area contributed by atoms with Gasteiger partial charge in [-0.2, -0.15) is 0 Å². The zero-order valence-electron chi connectivity index (χ0n) is 23.4. The summed E-state index contributed by atoms with van der Waals surface area (Å²) in [6.45, 7) is 3.29. The summed E-state index contributed by atoms with van der Waals surface area (Å²) in [6, 6.07) is 20.2. The van der Waals surface area contributed by atoms with E-state index in [1.54, 1.807) is 19.1 Å². The predicted molar refractivity (Wildman–Crippen MR) is 153 cm³/mol. The van der Waals surface area contributed by atoms with Gasteiger partial charge in [-0.1, -0.05) is 42.5 Å². The first kappa shape index (κ1) is 27.0. The largest absolute Gasteiger partial charge is 0.497 e. The lowest BCUT2D eigenvalue weighted by molar-refractivity contribution is -0.136. The van der Waals surface area contributed by atoms with Crippen molar-refractivity contribution in [3.63, 3.8) is 0 Å². The second kappa shape index (κ2) is 11.2. The summed E-state index contributed by atoms with van der Waals surface area (Å²) in [6.07, 6.45) is 1.20. The van der Waals surface area contributed by atoms with Gasteiger partial charge in [-0.25, -0.2) is 4.79 Å². The van der Waals surface area contributed by atoms with Crippen molar-refractivity contribution in [1.29, 1.82) is 0 Å². The van der Waals surface area contributed by atoms with Crippen molar-refractivity contribution in [3.8, 4) is 5.75 Å². The third kappa shape index (κ3) is 5.06. The Morgan fingerprint density at radius 2 is 1.64 bits per heavy atom. The SMILES string of the molecule is COCCN1C(=O)N(Cc2cccc(OC)c2)C(=O)C12CCN(Cc1ccc(N(C)C)c3ccccc13)CC2. The van der Waals surface area contributed by atoms with Crippen LogP contribution in [-0.4, -0.2) is 86.7 Å². The maximum atomic E-state index is 13.9. The molecule has 2 aliphatic heterocycles. The molecule has 3 aromatic carbocycles. The summed E-state index contributed by atoms with van der Waals surface area (Å²) in [4.78, 5) is 35.2. The number of nitrogens with zero attached hydrogens (tertiary/aromatic N) is 4. The Balaban J connectivity index is 1.35. The van der Waals surface area contributed by atoms with Gasteiger partial charge in [0, 0.05) is 58.5 Å². The molecule has 2 heterocycles. The van der Waals surface area contributed by atoms with Crippen molar-refractivity contribution in [2.45, 2.75) is 31.5 Å². The third-order valence-corrected chi connectivity index (χ3v) is 8.17. The number of hydrogen-bond donors (Lipinski definition) is 0. The normalized spacial score (nSPS) is 17.4. The van der Waals surface area contributed by atoms with Crippen LogP contribution < -0.4 is 9.64 Å². The summed E-state index contributed by atoms with van der Waals surface area (Å²) in [5, 5.41) is 2.49. The summed E-state index contributed by atoms with van der Waals surface area (Å²) in [5.74, 6) is 0.601. The number of imide groups is 1. The lowest BCUT2D eigenvalue weighted by atomic mass is 9.85. The van der Waals surface area contributed by atoms with E-state index < -0.39 is 5.54 Å². The highest BCUT2D eigenvalue weighted by Crippen LogP contribution is 2.39. The lowest BCUT2D eigenvalue weighted by Crippen LogP contribution is -2.57. The van der Waals surface area contributed by atoms with Crippen molar-refractivity contribution in [2.24, 2.45) is 0 Å². The number of piperidine rings is 1. The highest BCUT2D eigenvalue weighted by atomic mass is 16.5. The van der Waals surface area contributed by atoms with Crippen molar-refractivity contribution in [3.05, 3.63) is 71.8 Å². The number of carbonyl (C=O) groups excluding carboxylic acids is 2. The average Bonchev–Trinajstić information content (AvgIpc) is 3.13. The molecule has 8 heteroatoms. The number of anilines is 1. The molecule has 2 saturated heterocycles. The van der Waals surface area contributed by atoms with Gasteiger partial charge in [0.2, 0.25) is 0 Å². The standard InChI is InChI=1S/C31H38N4O4/c1-32(2)28-13-12-24(26-10-5-6-11-27(26)28)22-33-16-14-31(15-17-33)29(36)34(30(37)35(31)18-19-38-3)21-23-8-7-9-25(20-23)39-4/h5-13,20H,14-19,21-22H2,1-4H3. The van der Waals surface area contributed by atoms with Crippen LogP contribution in [0, 0.1) is 0 Å². The van der Waals surface area contributed by atoms with Crippen molar-refractivity contribution >= 4 is 28.4 Å². The second-order valence-corrected chi connectivity index (χ2v) is 10.7. The predicted octanol–water partition coefficient (Wildman–Crippen LogP) is 4.36. The van der Waals surface area contributed by atoms with Crippen LogP contribution in [0.2, 0.25) is 0 Å². The Hall–Kier alpha value is -3.62. The summed E-state index contributed by atoms with van der Waals surface area (Å²) >= 11 is 0. The van der Waals surface area contributed by atoms with Gasteiger partial charge in [0.25, 0.3) is 5.91 Å². The van der Waals surface area contributed by atoms with Crippen LogP contribution in [0.3, 0.4) is 0 Å². The number of hydrogen-bond acceptors (Lipinski definition) is 6. The molecule has 39 heavy (non-hydrogen) atoms. The molecule has 0 saturated carbocycles. The number of amides is 3. The molecular weight excluding hydrogens is 492 g/mol. The van der Waals surface area contributed by atoms with Crippen LogP contribution in [0.1, 0.15) is 24.0 Å². The van der Waals surface area contributed by atoms with Crippen LogP contribution >= 0.6 is 0 Å². The van der Waals surface area contributed by atoms with E-state index in [4.69, 9.17) is 9.47 Å². The van der Waals surface area contributed by atoms with Gasteiger partial charge in [0.15, 0.2) is 0 Å². The maximum Gasteiger partial charge on any atom is 0.328 e. The van der Waals surface area contributed by atoms with E-state index >= 15 is 0 Å². The van der Waals surface area contributed by atoms with E-state index in [2.05, 4.69) is 60.3 Å². The first-order valence-electron chi connectivity index (χ1n) is 13.5. The van der Waals surface area contributed by atoms with E-state index in [-0.39, 0.29) is 18.5 Å². The van der Waals surface area contributed by atoms with Gasteiger partial charge < -0.3 is 19.3 Å². The highest BCUT2D eigenvalue weighted by molar-refractivity contribution is 6.07. The van der Waals surface area contributed by atoms with E-state index in [0.29, 0.717) is 31.7 Å². The zero-order valence-corrected chi connectivity index (χ0v) is 23.4. The third-order valence-electron chi connectivity index (χ3n) is 8.17. The Labute approximate surface area is 230 Å². The molecule has 0 bridgehead atoms. The Morgan fingerprint density at radius 1 is 0.897 bits per heavy atom. The van der Waals surface area contributed by atoms with E-state index in [9.17, 15) is 9.59 Å². The molecule has 2 aliphatic rings. The summed E-state index contributed by atoms with van der Waals surface area (Å²) in [7, 11) is 7.37. The maximum absolute atomic E-state index is 13.9. The monoisotopic (exact) mass is 530 g/mol. The van der Waals surface area contributed by atoms with Crippen molar-refractivity contribution < 1.29 is 19.1 Å². The molecule has 0 atom stereocenters. The number of ether oxygens (including phenoxy) is 2. The Bertz CT molecular complexity index is 1350. The van der Waals surface area contributed by atoms with Crippen molar-refractivity contribution in [2.75, 3.05) is 59.5 Å². The topological polar surface area (TPSA) is 65.6 Å². The van der Waals surface area contributed by atoms with Gasteiger partial charge in [-0.3, -0.25) is 14.6 Å². The van der Waals surface area contributed by atoms with Gasteiger partial charge >= 0.3 is 6.03 Å². The van der Waals surface area contributed by atoms with Gasteiger partial charge in [0.1, 0.15) is 11.3 Å². The highest BCUT2D eigenvalue weighted by Gasteiger charge is 2.57. The molecule has 0 unspecified atom stereocenters.